The van der Waals surface area contributed by atoms with Gasteiger partial charge in [0.05, 0.1) is 18.0 Å². The number of rotatable bonds is 8. The Morgan fingerprint density at radius 2 is 2.11 bits per heavy atom. The van der Waals surface area contributed by atoms with Crippen molar-refractivity contribution in [1.29, 1.82) is 0 Å². The van der Waals surface area contributed by atoms with E-state index in [0.29, 0.717) is 12.5 Å². The van der Waals surface area contributed by atoms with Crippen LogP contribution in [-0.4, -0.2) is 36.2 Å². The summed E-state index contributed by atoms with van der Waals surface area (Å²) in [7, 11) is -2.93. The predicted octanol–water partition coefficient (Wildman–Crippen LogP) is 1.37. The largest absolute Gasteiger partial charge is 0.312 e. The van der Waals surface area contributed by atoms with Crippen molar-refractivity contribution >= 4 is 9.84 Å². The van der Waals surface area contributed by atoms with E-state index in [4.69, 9.17) is 0 Å². The summed E-state index contributed by atoms with van der Waals surface area (Å²) in [5.74, 6) is 0.963. The second kappa shape index (κ2) is 7.05. The second-order valence-electron chi connectivity index (χ2n) is 5.26. The fourth-order valence-corrected chi connectivity index (χ4v) is 2.47. The van der Waals surface area contributed by atoms with Gasteiger partial charge in [-0.05, 0) is 19.4 Å². The summed E-state index contributed by atoms with van der Waals surface area (Å²) in [5.41, 5.74) is 2.10. The van der Waals surface area contributed by atoms with Crippen molar-refractivity contribution in [3.63, 3.8) is 0 Å². The van der Waals surface area contributed by atoms with E-state index in [9.17, 15) is 8.42 Å². The topological polar surface area (TPSA) is 64.0 Å². The Labute approximate surface area is 116 Å². The van der Waals surface area contributed by atoms with Crippen molar-refractivity contribution in [2.24, 2.45) is 5.92 Å². The molecule has 0 fully saturated rings. The zero-order chi connectivity index (χ0) is 14.5. The first-order valence-corrected chi connectivity index (χ1v) is 8.60. The standard InChI is InChI=1S/C13H25N3O2S/c1-5-19(17,18)7-6-16-10-13(12(4)15-16)9-14-8-11(2)3/h10-11,14H,5-9H2,1-4H3. The van der Waals surface area contributed by atoms with Crippen LogP contribution in [-0.2, 0) is 22.9 Å². The number of nitrogens with zero attached hydrogens (tertiary/aromatic N) is 2. The molecule has 0 aromatic carbocycles. The molecule has 0 amide bonds. The summed E-state index contributed by atoms with van der Waals surface area (Å²) in [4.78, 5) is 0. The van der Waals surface area contributed by atoms with Crippen LogP contribution in [0.2, 0.25) is 0 Å². The van der Waals surface area contributed by atoms with Gasteiger partial charge in [-0.2, -0.15) is 5.10 Å². The molecule has 0 aliphatic carbocycles. The van der Waals surface area contributed by atoms with Crippen LogP contribution >= 0.6 is 0 Å². The number of aryl methyl sites for hydroxylation is 2. The molecule has 0 aliphatic heterocycles. The normalized spacial score (nSPS) is 12.3. The minimum absolute atomic E-state index is 0.156. The lowest BCUT2D eigenvalue weighted by Crippen LogP contribution is -2.19. The van der Waals surface area contributed by atoms with Gasteiger partial charge in [-0.15, -0.1) is 0 Å². The van der Waals surface area contributed by atoms with Crippen molar-refractivity contribution < 1.29 is 8.42 Å². The van der Waals surface area contributed by atoms with Gasteiger partial charge in [0, 0.05) is 24.1 Å². The monoisotopic (exact) mass is 287 g/mol. The number of hydrogen-bond donors (Lipinski definition) is 1. The molecule has 0 saturated carbocycles. The molecule has 0 atom stereocenters. The molecule has 5 nitrogen and oxygen atoms in total. The van der Waals surface area contributed by atoms with Crippen LogP contribution in [0, 0.1) is 12.8 Å². The van der Waals surface area contributed by atoms with Crippen LogP contribution in [0.3, 0.4) is 0 Å². The van der Waals surface area contributed by atoms with Gasteiger partial charge in [0.2, 0.25) is 0 Å². The predicted molar refractivity (Wildman–Crippen MR) is 77.8 cm³/mol. The molecular weight excluding hydrogens is 262 g/mol. The van der Waals surface area contributed by atoms with Crippen LogP contribution in [0.5, 0.6) is 0 Å². The van der Waals surface area contributed by atoms with E-state index in [1.54, 1.807) is 11.6 Å². The molecule has 1 N–H and O–H groups in total. The minimum Gasteiger partial charge on any atom is -0.312 e. The molecule has 6 heteroatoms. The van der Waals surface area contributed by atoms with E-state index in [0.717, 1.165) is 24.3 Å². The molecule has 0 aliphatic rings. The van der Waals surface area contributed by atoms with Crippen molar-refractivity contribution in [3.8, 4) is 0 Å². The average molecular weight is 287 g/mol. The first-order valence-electron chi connectivity index (χ1n) is 6.78. The lowest BCUT2D eigenvalue weighted by Gasteiger charge is -2.06. The first kappa shape index (κ1) is 16.2. The Morgan fingerprint density at radius 1 is 1.42 bits per heavy atom. The number of sulfone groups is 1. The summed E-state index contributed by atoms with van der Waals surface area (Å²) in [6, 6.07) is 0. The third-order valence-corrected chi connectivity index (χ3v) is 4.67. The van der Waals surface area contributed by atoms with Crippen LogP contribution in [0.1, 0.15) is 32.0 Å². The fourth-order valence-electron chi connectivity index (χ4n) is 1.72. The summed E-state index contributed by atoms with van der Waals surface area (Å²) >= 11 is 0. The molecule has 0 spiro atoms. The van der Waals surface area contributed by atoms with E-state index in [2.05, 4.69) is 24.3 Å². The third-order valence-electron chi connectivity index (χ3n) is 2.99. The van der Waals surface area contributed by atoms with Crippen LogP contribution in [0.25, 0.3) is 0 Å². The maximum Gasteiger partial charge on any atom is 0.151 e. The van der Waals surface area contributed by atoms with Gasteiger partial charge in [0.1, 0.15) is 0 Å². The highest BCUT2D eigenvalue weighted by Crippen LogP contribution is 2.06. The van der Waals surface area contributed by atoms with Gasteiger partial charge in [0.15, 0.2) is 9.84 Å². The van der Waals surface area contributed by atoms with E-state index >= 15 is 0 Å². The molecule has 0 unspecified atom stereocenters. The van der Waals surface area contributed by atoms with Gasteiger partial charge >= 0.3 is 0 Å². The van der Waals surface area contributed by atoms with Gasteiger partial charge in [-0.25, -0.2) is 8.42 Å². The van der Waals surface area contributed by atoms with E-state index in [1.807, 2.05) is 13.1 Å². The highest BCUT2D eigenvalue weighted by molar-refractivity contribution is 7.91. The summed E-state index contributed by atoms with van der Waals surface area (Å²) < 4.78 is 24.6. The van der Waals surface area contributed by atoms with Gasteiger partial charge in [-0.3, -0.25) is 4.68 Å². The van der Waals surface area contributed by atoms with Gasteiger partial charge < -0.3 is 5.32 Å². The van der Waals surface area contributed by atoms with Gasteiger partial charge in [-0.1, -0.05) is 20.8 Å². The number of hydrogen-bond acceptors (Lipinski definition) is 4. The fraction of sp³-hybridized carbons (Fsp3) is 0.769. The van der Waals surface area contributed by atoms with E-state index in [1.165, 1.54) is 0 Å². The highest BCUT2D eigenvalue weighted by atomic mass is 32.2. The van der Waals surface area contributed by atoms with Crippen molar-refractivity contribution in [2.75, 3.05) is 18.1 Å². The molecule has 0 saturated heterocycles. The quantitative estimate of drug-likeness (QED) is 0.784. The van der Waals surface area contributed by atoms with Gasteiger partial charge in [0.25, 0.3) is 0 Å². The summed E-state index contributed by atoms with van der Waals surface area (Å²) in [5, 5.41) is 7.73. The van der Waals surface area contributed by atoms with Crippen LogP contribution in [0.4, 0.5) is 0 Å². The molecule has 1 heterocycles. The summed E-state index contributed by atoms with van der Waals surface area (Å²) in [6.45, 7) is 10.1. The molecular formula is C13H25N3O2S. The maximum absolute atomic E-state index is 11.5. The third kappa shape index (κ3) is 5.74. The Morgan fingerprint density at radius 3 is 2.68 bits per heavy atom. The van der Waals surface area contributed by atoms with Crippen molar-refractivity contribution in [1.82, 2.24) is 15.1 Å². The van der Waals surface area contributed by atoms with Crippen molar-refractivity contribution in [3.05, 3.63) is 17.5 Å². The molecule has 0 radical (unpaired) electrons. The van der Waals surface area contributed by atoms with Crippen LogP contribution in [0.15, 0.2) is 6.20 Å². The van der Waals surface area contributed by atoms with Crippen molar-refractivity contribution in [2.45, 2.75) is 40.8 Å². The average Bonchev–Trinajstić information content (AvgIpc) is 2.68. The van der Waals surface area contributed by atoms with E-state index in [-0.39, 0.29) is 11.5 Å². The lowest BCUT2D eigenvalue weighted by molar-refractivity contribution is 0.551. The molecule has 110 valence electrons. The lowest BCUT2D eigenvalue weighted by atomic mass is 10.2. The molecule has 1 aromatic heterocycles. The highest BCUT2D eigenvalue weighted by Gasteiger charge is 2.10. The Balaban J connectivity index is 2.54. The van der Waals surface area contributed by atoms with Crippen LogP contribution < -0.4 is 5.32 Å². The Hall–Kier alpha value is -0.880. The zero-order valence-electron chi connectivity index (χ0n) is 12.3. The zero-order valence-corrected chi connectivity index (χ0v) is 13.1. The Bertz CT molecular complexity index is 492. The Kier molecular flexibility index (Phi) is 6.00. The molecule has 1 aromatic rings. The SMILES string of the molecule is CCS(=O)(=O)CCn1cc(CNCC(C)C)c(C)n1. The minimum atomic E-state index is -2.93. The number of nitrogens with one attached hydrogen (secondary N) is 1. The maximum atomic E-state index is 11.5. The second-order valence-corrected chi connectivity index (χ2v) is 7.74. The summed E-state index contributed by atoms with van der Waals surface area (Å²) in [6.07, 6.45) is 1.94. The first-order chi connectivity index (χ1) is 8.84. The molecule has 0 bridgehead atoms. The number of aromatic nitrogens is 2. The molecule has 1 rings (SSSR count). The smallest absolute Gasteiger partial charge is 0.151 e. The van der Waals surface area contributed by atoms with E-state index < -0.39 is 9.84 Å². The molecule has 19 heavy (non-hydrogen) atoms.